The van der Waals surface area contributed by atoms with E-state index in [4.69, 9.17) is 0 Å². The van der Waals surface area contributed by atoms with Crippen molar-refractivity contribution in [1.29, 1.82) is 0 Å². The van der Waals surface area contributed by atoms with E-state index in [2.05, 4.69) is 15.6 Å². The number of aromatic nitrogens is 2. The fourth-order valence-electron chi connectivity index (χ4n) is 3.10. The number of aryl methyl sites for hydroxylation is 1. The molecule has 1 unspecified atom stereocenters. The van der Waals surface area contributed by atoms with Gasteiger partial charge in [-0.1, -0.05) is 38.1 Å². The predicted molar refractivity (Wildman–Crippen MR) is 111 cm³/mol. The molecule has 0 aliphatic rings. The van der Waals surface area contributed by atoms with Crippen LogP contribution in [0.4, 0.5) is 5.69 Å². The van der Waals surface area contributed by atoms with E-state index in [1.807, 2.05) is 80.8 Å². The summed E-state index contributed by atoms with van der Waals surface area (Å²) in [6.45, 7) is 7.68. The number of nitrogens with zero attached hydrogens (tertiary/aromatic N) is 2. The molecule has 0 aliphatic heterocycles. The minimum absolute atomic E-state index is 0.0460. The molecule has 28 heavy (non-hydrogen) atoms. The van der Waals surface area contributed by atoms with Crippen molar-refractivity contribution in [2.45, 2.75) is 40.3 Å². The summed E-state index contributed by atoms with van der Waals surface area (Å²) in [7, 11) is 0. The molecule has 0 fully saturated rings. The van der Waals surface area contributed by atoms with E-state index in [-0.39, 0.29) is 30.3 Å². The van der Waals surface area contributed by atoms with Crippen molar-refractivity contribution in [3.8, 4) is 0 Å². The van der Waals surface area contributed by atoms with Crippen LogP contribution in [0.5, 0.6) is 0 Å². The molecule has 0 spiro atoms. The smallest absolute Gasteiger partial charge is 0.244 e. The number of para-hydroxylation sites is 2. The zero-order valence-electron chi connectivity index (χ0n) is 16.7. The highest BCUT2D eigenvalue weighted by molar-refractivity contribution is 5.92. The molecule has 0 radical (unpaired) electrons. The van der Waals surface area contributed by atoms with Crippen molar-refractivity contribution < 1.29 is 9.59 Å². The molecular formula is C22H26N4O2. The number of carbonyl (C=O) groups excluding carboxylic acids is 2. The van der Waals surface area contributed by atoms with Crippen LogP contribution in [0.2, 0.25) is 0 Å². The van der Waals surface area contributed by atoms with Gasteiger partial charge >= 0.3 is 0 Å². The van der Waals surface area contributed by atoms with Crippen molar-refractivity contribution in [3.05, 3.63) is 59.9 Å². The van der Waals surface area contributed by atoms with Gasteiger partial charge in [-0.2, -0.15) is 0 Å². The number of anilines is 1. The van der Waals surface area contributed by atoms with Crippen LogP contribution >= 0.6 is 0 Å². The number of fused-ring (bicyclic) bond motifs is 1. The number of imidazole rings is 1. The molecule has 2 N–H and O–H groups in total. The summed E-state index contributed by atoms with van der Waals surface area (Å²) < 4.78 is 1.87. The summed E-state index contributed by atoms with van der Waals surface area (Å²) in [5, 5.41) is 5.91. The van der Waals surface area contributed by atoms with Crippen LogP contribution in [0.15, 0.2) is 48.5 Å². The maximum atomic E-state index is 12.7. The Kier molecular flexibility index (Phi) is 5.78. The zero-order valence-corrected chi connectivity index (χ0v) is 16.7. The van der Waals surface area contributed by atoms with Crippen LogP contribution in [0.25, 0.3) is 11.0 Å². The van der Waals surface area contributed by atoms with Crippen LogP contribution in [-0.2, 0) is 16.1 Å². The summed E-state index contributed by atoms with van der Waals surface area (Å²) in [6, 6.07) is 15.0. The lowest BCUT2D eigenvalue weighted by molar-refractivity contribution is -0.124. The average molecular weight is 378 g/mol. The minimum Gasteiger partial charge on any atom is -0.346 e. The molecule has 3 rings (SSSR count). The molecule has 0 aliphatic carbocycles. The highest BCUT2D eigenvalue weighted by Gasteiger charge is 2.21. The molecule has 6 nitrogen and oxygen atoms in total. The summed E-state index contributed by atoms with van der Waals surface area (Å²) in [5.41, 5.74) is 3.50. The molecule has 1 atom stereocenters. The van der Waals surface area contributed by atoms with E-state index >= 15 is 0 Å². The second-order valence-electron chi connectivity index (χ2n) is 7.35. The van der Waals surface area contributed by atoms with Crippen LogP contribution < -0.4 is 10.6 Å². The van der Waals surface area contributed by atoms with Gasteiger partial charge < -0.3 is 15.2 Å². The molecule has 3 aromatic rings. The Balaban J connectivity index is 1.88. The van der Waals surface area contributed by atoms with Crippen LogP contribution in [0.3, 0.4) is 0 Å². The number of benzene rings is 2. The lowest BCUT2D eigenvalue weighted by Crippen LogP contribution is -2.32. The van der Waals surface area contributed by atoms with Gasteiger partial charge in [-0.25, -0.2) is 4.98 Å². The Morgan fingerprint density at radius 2 is 1.82 bits per heavy atom. The van der Waals surface area contributed by atoms with E-state index in [1.165, 1.54) is 0 Å². The van der Waals surface area contributed by atoms with Crippen molar-refractivity contribution in [3.63, 3.8) is 0 Å². The first-order valence-corrected chi connectivity index (χ1v) is 9.47. The molecule has 6 heteroatoms. The molecule has 0 saturated carbocycles. The SMILES string of the molecule is Cc1cccc(NC(=O)Cn2c(C(C)NC(=O)C(C)C)nc3ccccc32)c1. The monoisotopic (exact) mass is 378 g/mol. The standard InChI is InChI=1S/C22H26N4O2/c1-14(2)22(28)23-16(4)21-25-18-10-5-6-11-19(18)26(21)13-20(27)24-17-9-7-8-15(3)12-17/h5-12,14,16H,13H2,1-4H3,(H,23,28)(H,24,27). The molecule has 2 amide bonds. The van der Waals surface area contributed by atoms with E-state index in [0.29, 0.717) is 5.82 Å². The molecule has 1 aromatic heterocycles. The number of carbonyl (C=O) groups is 2. The lowest BCUT2D eigenvalue weighted by atomic mass is 10.2. The number of hydrogen-bond acceptors (Lipinski definition) is 3. The fraction of sp³-hybridized carbons (Fsp3) is 0.318. The first-order chi connectivity index (χ1) is 13.3. The second-order valence-corrected chi connectivity index (χ2v) is 7.35. The quantitative estimate of drug-likeness (QED) is 0.685. The third-order valence-electron chi connectivity index (χ3n) is 4.56. The van der Waals surface area contributed by atoms with Gasteiger partial charge in [0.25, 0.3) is 0 Å². The highest BCUT2D eigenvalue weighted by atomic mass is 16.2. The second kappa shape index (κ2) is 8.25. The zero-order chi connectivity index (χ0) is 20.3. The Morgan fingerprint density at radius 3 is 2.54 bits per heavy atom. The van der Waals surface area contributed by atoms with Crippen molar-refractivity contribution in [2.75, 3.05) is 5.32 Å². The third kappa shape index (κ3) is 4.39. The van der Waals surface area contributed by atoms with Crippen LogP contribution in [0.1, 0.15) is 38.2 Å². The third-order valence-corrected chi connectivity index (χ3v) is 4.56. The van der Waals surface area contributed by atoms with Crippen molar-refractivity contribution in [2.24, 2.45) is 5.92 Å². The van der Waals surface area contributed by atoms with Gasteiger partial charge in [-0.3, -0.25) is 9.59 Å². The van der Waals surface area contributed by atoms with Crippen molar-refractivity contribution in [1.82, 2.24) is 14.9 Å². The normalized spacial score (nSPS) is 12.2. The first-order valence-electron chi connectivity index (χ1n) is 9.47. The van der Waals surface area contributed by atoms with Gasteiger partial charge in [-0.15, -0.1) is 0 Å². The molecule has 0 bridgehead atoms. The van der Waals surface area contributed by atoms with E-state index in [1.54, 1.807) is 0 Å². The predicted octanol–water partition coefficient (Wildman–Crippen LogP) is 3.82. The van der Waals surface area contributed by atoms with Gasteiger partial charge in [0.2, 0.25) is 11.8 Å². The Hall–Kier alpha value is -3.15. The summed E-state index contributed by atoms with van der Waals surface area (Å²) in [4.78, 5) is 29.5. The first kappa shape index (κ1) is 19.6. The maximum Gasteiger partial charge on any atom is 0.244 e. The number of hydrogen-bond donors (Lipinski definition) is 2. The van der Waals surface area contributed by atoms with E-state index in [0.717, 1.165) is 22.3 Å². The summed E-state index contributed by atoms with van der Waals surface area (Å²) in [5.74, 6) is 0.354. The van der Waals surface area contributed by atoms with Gasteiger partial charge in [0, 0.05) is 11.6 Å². The molecule has 1 heterocycles. The van der Waals surface area contributed by atoms with Gasteiger partial charge in [0.15, 0.2) is 0 Å². The van der Waals surface area contributed by atoms with Gasteiger partial charge in [-0.05, 0) is 43.7 Å². The fourth-order valence-corrected chi connectivity index (χ4v) is 3.10. The lowest BCUT2D eigenvalue weighted by Gasteiger charge is -2.17. The number of rotatable bonds is 6. The van der Waals surface area contributed by atoms with E-state index in [9.17, 15) is 9.59 Å². The number of nitrogens with one attached hydrogen (secondary N) is 2. The molecule has 146 valence electrons. The summed E-state index contributed by atoms with van der Waals surface area (Å²) >= 11 is 0. The molecular weight excluding hydrogens is 352 g/mol. The maximum absolute atomic E-state index is 12.7. The largest absolute Gasteiger partial charge is 0.346 e. The van der Waals surface area contributed by atoms with Crippen molar-refractivity contribution >= 4 is 28.5 Å². The number of amides is 2. The van der Waals surface area contributed by atoms with Crippen LogP contribution in [-0.4, -0.2) is 21.4 Å². The molecule has 2 aromatic carbocycles. The average Bonchev–Trinajstić information content (AvgIpc) is 3.00. The minimum atomic E-state index is -0.311. The Morgan fingerprint density at radius 1 is 1.07 bits per heavy atom. The highest BCUT2D eigenvalue weighted by Crippen LogP contribution is 2.21. The molecule has 0 saturated heterocycles. The van der Waals surface area contributed by atoms with Gasteiger partial charge in [0.05, 0.1) is 17.1 Å². The summed E-state index contributed by atoms with van der Waals surface area (Å²) in [6.07, 6.45) is 0. The van der Waals surface area contributed by atoms with E-state index < -0.39 is 0 Å². The van der Waals surface area contributed by atoms with Gasteiger partial charge in [0.1, 0.15) is 12.4 Å². The van der Waals surface area contributed by atoms with Crippen LogP contribution in [0, 0.1) is 12.8 Å². The topological polar surface area (TPSA) is 76.0 Å². The Labute approximate surface area is 165 Å². The Bertz CT molecular complexity index is 1010.